The SMILES string of the molecule is CCN(CCO)C(=O)CN1C(=O)/C(=C/c2cccs2)SC1=S. The molecule has 2 amide bonds. The maximum atomic E-state index is 12.4. The monoisotopic (exact) mass is 356 g/mol. The molecular formula is C14H16N2O3S3. The fourth-order valence-electron chi connectivity index (χ4n) is 1.95. The van der Waals surface area contributed by atoms with Gasteiger partial charge >= 0.3 is 0 Å². The first-order valence-electron chi connectivity index (χ1n) is 6.74. The third-order valence-electron chi connectivity index (χ3n) is 3.09. The van der Waals surface area contributed by atoms with Crippen molar-refractivity contribution < 1.29 is 14.7 Å². The minimum atomic E-state index is -0.239. The molecule has 0 aromatic carbocycles. The Hall–Kier alpha value is -1.22. The van der Waals surface area contributed by atoms with Crippen molar-refractivity contribution in [2.24, 2.45) is 0 Å². The predicted octanol–water partition coefficient (Wildman–Crippen LogP) is 1.79. The van der Waals surface area contributed by atoms with Crippen LogP contribution >= 0.6 is 35.3 Å². The molecule has 1 fully saturated rings. The fraction of sp³-hybridized carbons (Fsp3) is 0.357. The summed E-state index contributed by atoms with van der Waals surface area (Å²) in [5.41, 5.74) is 0. The van der Waals surface area contributed by atoms with E-state index in [9.17, 15) is 9.59 Å². The van der Waals surface area contributed by atoms with Crippen molar-refractivity contribution in [3.63, 3.8) is 0 Å². The van der Waals surface area contributed by atoms with Crippen LogP contribution in [-0.4, -0.2) is 57.3 Å². The molecule has 1 aliphatic rings. The molecular weight excluding hydrogens is 340 g/mol. The molecule has 0 unspecified atom stereocenters. The molecule has 0 aliphatic carbocycles. The molecule has 22 heavy (non-hydrogen) atoms. The molecule has 0 spiro atoms. The lowest BCUT2D eigenvalue weighted by atomic mass is 10.3. The summed E-state index contributed by atoms with van der Waals surface area (Å²) in [5.74, 6) is -0.456. The van der Waals surface area contributed by atoms with Gasteiger partial charge in [-0.05, 0) is 24.4 Å². The topological polar surface area (TPSA) is 60.9 Å². The number of aliphatic hydroxyl groups is 1. The second kappa shape index (κ2) is 7.87. The Morgan fingerprint density at radius 2 is 2.32 bits per heavy atom. The van der Waals surface area contributed by atoms with Crippen LogP contribution in [0.5, 0.6) is 0 Å². The van der Waals surface area contributed by atoms with Crippen LogP contribution in [0.4, 0.5) is 0 Å². The Bertz CT molecular complexity index is 598. The summed E-state index contributed by atoms with van der Waals surface area (Å²) in [4.78, 5) is 28.9. The predicted molar refractivity (Wildman–Crippen MR) is 93.5 cm³/mol. The average molecular weight is 356 g/mol. The first-order valence-corrected chi connectivity index (χ1v) is 8.84. The molecule has 0 atom stereocenters. The molecule has 1 aliphatic heterocycles. The van der Waals surface area contributed by atoms with Crippen molar-refractivity contribution in [3.05, 3.63) is 27.3 Å². The molecule has 2 rings (SSSR count). The standard InChI is InChI=1S/C14H16N2O3S3/c1-2-15(5-6-17)12(18)9-16-13(19)11(22-14(16)20)8-10-4-3-7-21-10/h3-4,7-8,17H,2,5-6,9H2,1H3/b11-8-. The Balaban J connectivity index is 2.08. The molecule has 1 saturated heterocycles. The van der Waals surface area contributed by atoms with Crippen LogP contribution in [-0.2, 0) is 9.59 Å². The minimum Gasteiger partial charge on any atom is -0.395 e. The second-order valence-electron chi connectivity index (χ2n) is 4.48. The quantitative estimate of drug-likeness (QED) is 0.622. The lowest BCUT2D eigenvalue weighted by molar-refractivity contribution is -0.135. The number of hydrogen-bond acceptors (Lipinski definition) is 6. The number of amides is 2. The van der Waals surface area contributed by atoms with Crippen molar-refractivity contribution >= 4 is 57.5 Å². The third-order valence-corrected chi connectivity index (χ3v) is 5.28. The summed E-state index contributed by atoms with van der Waals surface area (Å²) in [7, 11) is 0. The number of hydrogen-bond donors (Lipinski definition) is 1. The molecule has 8 heteroatoms. The number of thiocarbonyl (C=S) groups is 1. The van der Waals surface area contributed by atoms with E-state index in [0.29, 0.717) is 15.8 Å². The van der Waals surface area contributed by atoms with Crippen molar-refractivity contribution in [2.75, 3.05) is 26.2 Å². The molecule has 0 radical (unpaired) electrons. The lowest BCUT2D eigenvalue weighted by Crippen LogP contribution is -2.43. The van der Waals surface area contributed by atoms with Gasteiger partial charge < -0.3 is 10.0 Å². The van der Waals surface area contributed by atoms with Crippen molar-refractivity contribution in [1.82, 2.24) is 9.80 Å². The van der Waals surface area contributed by atoms with Gasteiger partial charge in [0, 0.05) is 18.0 Å². The Morgan fingerprint density at radius 3 is 2.91 bits per heavy atom. The molecule has 2 heterocycles. The van der Waals surface area contributed by atoms with Gasteiger partial charge in [0.1, 0.15) is 10.9 Å². The third kappa shape index (κ3) is 3.95. The highest BCUT2D eigenvalue weighted by Gasteiger charge is 2.34. The number of nitrogens with zero attached hydrogens (tertiary/aromatic N) is 2. The van der Waals surface area contributed by atoms with Gasteiger partial charge in [-0.25, -0.2) is 0 Å². The maximum Gasteiger partial charge on any atom is 0.266 e. The van der Waals surface area contributed by atoms with E-state index in [4.69, 9.17) is 17.3 Å². The van der Waals surface area contributed by atoms with Crippen LogP contribution in [0.1, 0.15) is 11.8 Å². The number of likely N-dealkylation sites (N-methyl/N-ethyl adjacent to an activating group) is 1. The van der Waals surface area contributed by atoms with E-state index in [1.54, 1.807) is 6.08 Å². The second-order valence-corrected chi connectivity index (χ2v) is 7.14. The van der Waals surface area contributed by atoms with E-state index in [-0.39, 0.29) is 31.5 Å². The van der Waals surface area contributed by atoms with Crippen molar-refractivity contribution in [3.8, 4) is 0 Å². The van der Waals surface area contributed by atoms with E-state index in [1.807, 2.05) is 24.4 Å². The zero-order chi connectivity index (χ0) is 16.1. The average Bonchev–Trinajstić information content (AvgIpc) is 3.09. The first-order chi connectivity index (χ1) is 10.6. The molecule has 118 valence electrons. The van der Waals surface area contributed by atoms with Gasteiger partial charge in [-0.2, -0.15) is 0 Å². The lowest BCUT2D eigenvalue weighted by Gasteiger charge is -2.22. The van der Waals surface area contributed by atoms with Crippen molar-refractivity contribution in [1.29, 1.82) is 0 Å². The zero-order valence-corrected chi connectivity index (χ0v) is 14.5. The first kappa shape index (κ1) is 17.1. The molecule has 1 N–H and O–H groups in total. The van der Waals surface area contributed by atoms with Gasteiger partial charge in [0.15, 0.2) is 0 Å². The largest absolute Gasteiger partial charge is 0.395 e. The zero-order valence-electron chi connectivity index (χ0n) is 12.0. The Morgan fingerprint density at radius 1 is 1.55 bits per heavy atom. The molecule has 0 saturated carbocycles. The van der Waals surface area contributed by atoms with E-state index in [0.717, 1.165) is 4.88 Å². The highest BCUT2D eigenvalue weighted by atomic mass is 32.2. The number of rotatable bonds is 6. The summed E-state index contributed by atoms with van der Waals surface area (Å²) in [5, 5.41) is 10.9. The van der Waals surface area contributed by atoms with Crippen LogP contribution in [0.3, 0.4) is 0 Å². The number of thiophene rings is 1. The van der Waals surface area contributed by atoms with Gasteiger partial charge in [0.2, 0.25) is 5.91 Å². The number of thioether (sulfide) groups is 1. The van der Waals surface area contributed by atoms with E-state index in [1.165, 1.54) is 32.9 Å². The molecule has 1 aromatic heterocycles. The number of carbonyl (C=O) groups excluding carboxylic acids is 2. The molecule has 1 aromatic rings. The minimum absolute atomic E-state index is 0.0830. The summed E-state index contributed by atoms with van der Waals surface area (Å²) in [6.07, 6.45) is 1.79. The number of aliphatic hydroxyl groups excluding tert-OH is 1. The van der Waals surface area contributed by atoms with Crippen LogP contribution in [0.15, 0.2) is 22.4 Å². The fourth-order valence-corrected chi connectivity index (χ4v) is 3.93. The van der Waals surface area contributed by atoms with Gasteiger partial charge in [0.25, 0.3) is 5.91 Å². The van der Waals surface area contributed by atoms with Crippen LogP contribution in [0, 0.1) is 0 Å². The van der Waals surface area contributed by atoms with Gasteiger partial charge in [-0.1, -0.05) is 30.0 Å². The highest BCUT2D eigenvalue weighted by Crippen LogP contribution is 2.33. The van der Waals surface area contributed by atoms with Gasteiger partial charge in [-0.3, -0.25) is 14.5 Å². The molecule has 0 bridgehead atoms. The van der Waals surface area contributed by atoms with Crippen molar-refractivity contribution in [2.45, 2.75) is 6.92 Å². The normalized spacial score (nSPS) is 16.6. The number of carbonyl (C=O) groups is 2. The Labute approximate surface area is 142 Å². The summed E-state index contributed by atoms with van der Waals surface area (Å²) >= 11 is 7.95. The van der Waals surface area contributed by atoms with Gasteiger partial charge in [-0.15, -0.1) is 11.3 Å². The molecule has 5 nitrogen and oxygen atoms in total. The van der Waals surface area contributed by atoms with E-state index in [2.05, 4.69) is 0 Å². The van der Waals surface area contributed by atoms with Crippen LogP contribution in [0.2, 0.25) is 0 Å². The van der Waals surface area contributed by atoms with Crippen LogP contribution in [0.25, 0.3) is 6.08 Å². The van der Waals surface area contributed by atoms with E-state index >= 15 is 0 Å². The smallest absolute Gasteiger partial charge is 0.266 e. The highest BCUT2D eigenvalue weighted by molar-refractivity contribution is 8.26. The van der Waals surface area contributed by atoms with Crippen LogP contribution < -0.4 is 0 Å². The van der Waals surface area contributed by atoms with E-state index < -0.39 is 0 Å². The van der Waals surface area contributed by atoms with Gasteiger partial charge in [0.05, 0.1) is 11.5 Å². The Kier molecular flexibility index (Phi) is 6.13. The summed E-state index contributed by atoms with van der Waals surface area (Å²) in [6, 6.07) is 3.83. The summed E-state index contributed by atoms with van der Waals surface area (Å²) < 4.78 is 0.390. The summed E-state index contributed by atoms with van der Waals surface area (Å²) in [6.45, 7) is 2.39. The maximum absolute atomic E-state index is 12.4.